The number of halogens is 1. The van der Waals surface area contributed by atoms with Crippen molar-refractivity contribution in [1.82, 2.24) is 15.4 Å². The van der Waals surface area contributed by atoms with Crippen LogP contribution in [0.4, 0.5) is 5.69 Å². The van der Waals surface area contributed by atoms with Crippen LogP contribution >= 0.6 is 15.9 Å². The number of ether oxygens (including phenoxy) is 1. The zero-order valence-electron chi connectivity index (χ0n) is 15.9. The molecule has 156 valence electrons. The van der Waals surface area contributed by atoms with Gasteiger partial charge in [0.25, 0.3) is 17.5 Å². The molecule has 11 heteroatoms. The van der Waals surface area contributed by atoms with Crippen LogP contribution in [0.5, 0.6) is 0 Å². The highest BCUT2D eigenvalue weighted by Crippen LogP contribution is 2.33. The Balaban J connectivity index is 1.51. The van der Waals surface area contributed by atoms with Gasteiger partial charge in [-0.25, -0.2) is 4.79 Å². The number of esters is 1. The highest BCUT2D eigenvalue weighted by molar-refractivity contribution is 9.10. The number of carbonyl (C=O) groups is 1. The SMILES string of the molecule is Cc1onc(-c2ccccc2)c1-c1nnc(COC(=O)c2ccc(Br)c([N+](=O)[O-])c2)o1. The molecule has 0 fully saturated rings. The van der Waals surface area contributed by atoms with Crippen LogP contribution in [0.2, 0.25) is 0 Å². The third-order valence-electron chi connectivity index (χ3n) is 4.30. The number of nitro groups is 1. The summed E-state index contributed by atoms with van der Waals surface area (Å²) in [5.74, 6) is -0.0489. The smallest absolute Gasteiger partial charge is 0.338 e. The maximum Gasteiger partial charge on any atom is 0.338 e. The first-order valence-electron chi connectivity index (χ1n) is 8.89. The quantitative estimate of drug-likeness (QED) is 0.216. The van der Waals surface area contributed by atoms with E-state index in [1.807, 2.05) is 30.3 Å². The Morgan fingerprint density at radius 2 is 1.97 bits per heavy atom. The van der Waals surface area contributed by atoms with Gasteiger partial charge in [0.05, 0.1) is 15.0 Å². The van der Waals surface area contributed by atoms with Crippen molar-refractivity contribution < 1.29 is 23.4 Å². The molecule has 0 aliphatic rings. The number of carbonyl (C=O) groups excluding carboxylic acids is 1. The molecule has 0 unspecified atom stereocenters. The fraction of sp³-hybridized carbons (Fsp3) is 0.100. The minimum atomic E-state index is -0.763. The van der Waals surface area contributed by atoms with Crippen molar-refractivity contribution >= 4 is 27.6 Å². The largest absolute Gasteiger partial charge is 0.452 e. The molecule has 2 heterocycles. The molecule has 0 radical (unpaired) electrons. The highest BCUT2D eigenvalue weighted by Gasteiger charge is 2.23. The third kappa shape index (κ3) is 4.21. The van der Waals surface area contributed by atoms with E-state index in [0.29, 0.717) is 17.0 Å². The molecule has 0 bridgehead atoms. The van der Waals surface area contributed by atoms with Gasteiger partial charge in [-0.3, -0.25) is 10.1 Å². The lowest BCUT2D eigenvalue weighted by Crippen LogP contribution is -2.06. The van der Waals surface area contributed by atoms with Gasteiger partial charge < -0.3 is 13.7 Å². The molecule has 0 aliphatic carbocycles. The molecular formula is C20H13BrN4O6. The number of aromatic nitrogens is 3. The second-order valence-electron chi connectivity index (χ2n) is 6.33. The van der Waals surface area contributed by atoms with Gasteiger partial charge in [-0.05, 0) is 35.0 Å². The minimum Gasteiger partial charge on any atom is -0.452 e. The molecule has 2 aromatic carbocycles. The Bertz CT molecular complexity index is 1270. The molecule has 4 aromatic rings. The Kier molecular flexibility index (Phi) is 5.58. The van der Waals surface area contributed by atoms with Gasteiger partial charge in [-0.2, -0.15) is 0 Å². The first-order chi connectivity index (χ1) is 14.9. The molecule has 0 atom stereocenters. The van der Waals surface area contributed by atoms with Crippen molar-refractivity contribution in [3.8, 4) is 22.7 Å². The van der Waals surface area contributed by atoms with E-state index in [0.717, 1.165) is 11.6 Å². The summed E-state index contributed by atoms with van der Waals surface area (Å²) in [6, 6.07) is 13.3. The summed E-state index contributed by atoms with van der Waals surface area (Å²) in [6.07, 6.45) is 0. The Labute approximate surface area is 183 Å². The van der Waals surface area contributed by atoms with Crippen LogP contribution in [-0.4, -0.2) is 26.2 Å². The molecule has 2 aromatic heterocycles. The van der Waals surface area contributed by atoms with Gasteiger partial charge in [-0.1, -0.05) is 35.5 Å². The van der Waals surface area contributed by atoms with Gasteiger partial charge >= 0.3 is 5.97 Å². The number of nitro benzene ring substituents is 1. The molecule has 0 saturated carbocycles. The minimum absolute atomic E-state index is 0.0240. The second-order valence-corrected chi connectivity index (χ2v) is 7.18. The molecule has 0 aliphatic heterocycles. The molecule has 0 N–H and O–H groups in total. The summed E-state index contributed by atoms with van der Waals surface area (Å²) < 4.78 is 16.3. The summed E-state index contributed by atoms with van der Waals surface area (Å²) in [5.41, 5.74) is 1.69. The standard InChI is InChI=1S/C20H13BrN4O6/c1-11-17(18(24-31-11)12-5-3-2-4-6-12)19-23-22-16(30-19)10-29-20(26)13-7-8-14(21)15(9-13)25(27)28/h2-9H,10H2,1H3. The van der Waals surface area contributed by atoms with Crippen LogP contribution in [0.3, 0.4) is 0 Å². The van der Waals surface area contributed by atoms with Gasteiger partial charge in [0.15, 0.2) is 6.61 Å². The summed E-state index contributed by atoms with van der Waals surface area (Å²) in [5, 5.41) is 23.0. The van der Waals surface area contributed by atoms with E-state index in [1.165, 1.54) is 12.1 Å². The lowest BCUT2D eigenvalue weighted by molar-refractivity contribution is -0.385. The van der Waals surface area contributed by atoms with Crippen molar-refractivity contribution in [3.63, 3.8) is 0 Å². The van der Waals surface area contributed by atoms with Crippen LogP contribution in [0.1, 0.15) is 22.0 Å². The number of rotatable bonds is 6. The molecule has 0 spiro atoms. The highest BCUT2D eigenvalue weighted by atomic mass is 79.9. The zero-order chi connectivity index (χ0) is 22.0. The zero-order valence-corrected chi connectivity index (χ0v) is 17.5. The number of nitrogens with zero attached hydrogens (tertiary/aromatic N) is 4. The van der Waals surface area contributed by atoms with E-state index in [4.69, 9.17) is 13.7 Å². The van der Waals surface area contributed by atoms with E-state index >= 15 is 0 Å². The van der Waals surface area contributed by atoms with Gasteiger partial charge in [0.2, 0.25) is 0 Å². The van der Waals surface area contributed by atoms with Gasteiger partial charge in [-0.15, -0.1) is 10.2 Å². The van der Waals surface area contributed by atoms with Crippen molar-refractivity contribution in [3.05, 3.63) is 80.3 Å². The van der Waals surface area contributed by atoms with Crippen LogP contribution < -0.4 is 0 Å². The topological polar surface area (TPSA) is 134 Å². The number of hydrogen-bond acceptors (Lipinski definition) is 9. The van der Waals surface area contributed by atoms with Gasteiger partial charge in [0.1, 0.15) is 17.0 Å². The third-order valence-corrected chi connectivity index (χ3v) is 4.97. The second kappa shape index (κ2) is 8.48. The average Bonchev–Trinajstić information content (AvgIpc) is 3.39. The van der Waals surface area contributed by atoms with Crippen LogP contribution in [0.25, 0.3) is 22.7 Å². The molecule has 0 amide bonds. The maximum absolute atomic E-state index is 12.3. The Hall–Kier alpha value is -3.86. The fourth-order valence-corrected chi connectivity index (χ4v) is 3.21. The Morgan fingerprint density at radius 1 is 1.19 bits per heavy atom. The van der Waals surface area contributed by atoms with E-state index < -0.39 is 10.9 Å². The molecule has 0 saturated heterocycles. The monoisotopic (exact) mass is 484 g/mol. The van der Waals surface area contributed by atoms with E-state index in [9.17, 15) is 14.9 Å². The first kappa shape index (κ1) is 20.4. The summed E-state index contributed by atoms with van der Waals surface area (Å²) in [7, 11) is 0. The lowest BCUT2D eigenvalue weighted by Gasteiger charge is -2.03. The van der Waals surface area contributed by atoms with E-state index in [2.05, 4.69) is 31.3 Å². The molecule has 4 rings (SSSR count). The Morgan fingerprint density at radius 3 is 2.71 bits per heavy atom. The van der Waals surface area contributed by atoms with Crippen molar-refractivity contribution in [2.45, 2.75) is 13.5 Å². The predicted molar refractivity (Wildman–Crippen MR) is 110 cm³/mol. The van der Waals surface area contributed by atoms with Crippen LogP contribution in [-0.2, 0) is 11.3 Å². The van der Waals surface area contributed by atoms with E-state index in [1.54, 1.807) is 6.92 Å². The number of aryl methyl sites for hydroxylation is 1. The molecular weight excluding hydrogens is 472 g/mol. The maximum atomic E-state index is 12.3. The lowest BCUT2D eigenvalue weighted by atomic mass is 10.1. The molecule has 10 nitrogen and oxygen atoms in total. The predicted octanol–water partition coefficient (Wildman–Crippen LogP) is 4.73. The van der Waals surface area contributed by atoms with Crippen molar-refractivity contribution in [2.75, 3.05) is 0 Å². The fourth-order valence-electron chi connectivity index (χ4n) is 2.82. The average molecular weight is 485 g/mol. The normalized spacial score (nSPS) is 10.8. The van der Waals surface area contributed by atoms with Crippen molar-refractivity contribution in [1.29, 1.82) is 0 Å². The summed E-state index contributed by atoms with van der Waals surface area (Å²) in [4.78, 5) is 22.7. The van der Waals surface area contributed by atoms with Crippen molar-refractivity contribution in [2.24, 2.45) is 0 Å². The van der Waals surface area contributed by atoms with Crippen LogP contribution in [0.15, 0.2) is 61.9 Å². The van der Waals surface area contributed by atoms with E-state index in [-0.39, 0.29) is 34.1 Å². The first-order valence-corrected chi connectivity index (χ1v) is 9.69. The summed E-state index contributed by atoms with van der Waals surface area (Å²) in [6.45, 7) is 1.42. The number of hydrogen-bond donors (Lipinski definition) is 0. The molecule has 31 heavy (non-hydrogen) atoms. The van der Waals surface area contributed by atoms with Gasteiger partial charge in [0, 0.05) is 11.6 Å². The number of benzene rings is 2. The van der Waals surface area contributed by atoms with Crippen LogP contribution in [0, 0.1) is 17.0 Å². The summed E-state index contributed by atoms with van der Waals surface area (Å²) >= 11 is 3.07.